The number of ether oxygens (including phenoxy) is 3. The van der Waals surface area contributed by atoms with E-state index in [-0.39, 0.29) is 29.2 Å². The Balaban J connectivity index is 1.91. The molecular weight excluding hydrogens is 500 g/mol. The Morgan fingerprint density at radius 2 is 1.59 bits per heavy atom. The summed E-state index contributed by atoms with van der Waals surface area (Å²) in [4.78, 5) is 39.5. The van der Waals surface area contributed by atoms with Crippen molar-refractivity contribution in [3.8, 4) is 23.3 Å². The number of aliphatic hydroxyl groups is 1. The first-order valence-corrected chi connectivity index (χ1v) is 12.3. The lowest BCUT2D eigenvalue weighted by Gasteiger charge is -2.25. The maximum atomic E-state index is 13.5. The van der Waals surface area contributed by atoms with Crippen LogP contribution in [0.1, 0.15) is 43.5 Å². The molecule has 4 rings (SSSR count). The van der Waals surface area contributed by atoms with Crippen LogP contribution >= 0.6 is 0 Å². The maximum absolute atomic E-state index is 13.5. The van der Waals surface area contributed by atoms with Crippen LogP contribution in [0.2, 0.25) is 0 Å². The van der Waals surface area contributed by atoms with E-state index in [1.54, 1.807) is 49.4 Å². The molecule has 1 unspecified atom stereocenters. The summed E-state index contributed by atoms with van der Waals surface area (Å²) in [5.41, 5.74) is 1.31. The van der Waals surface area contributed by atoms with Crippen LogP contribution in [0.5, 0.6) is 17.2 Å². The molecule has 0 bridgehead atoms. The predicted octanol–water partition coefficient (Wildman–Crippen LogP) is 4.91. The molecular formula is C30H26N2O7. The van der Waals surface area contributed by atoms with Gasteiger partial charge < -0.3 is 19.3 Å². The highest BCUT2D eigenvalue weighted by Gasteiger charge is 2.47. The Bertz CT molecular complexity index is 1490. The zero-order valence-electron chi connectivity index (χ0n) is 21.6. The average Bonchev–Trinajstić information content (AvgIpc) is 3.19. The molecule has 0 spiro atoms. The van der Waals surface area contributed by atoms with Gasteiger partial charge in [0.25, 0.3) is 11.7 Å². The van der Waals surface area contributed by atoms with E-state index in [0.29, 0.717) is 29.2 Å². The van der Waals surface area contributed by atoms with Crippen LogP contribution in [0.4, 0.5) is 5.69 Å². The van der Waals surface area contributed by atoms with Gasteiger partial charge >= 0.3 is 5.97 Å². The highest BCUT2D eigenvalue weighted by Crippen LogP contribution is 2.44. The zero-order chi connectivity index (χ0) is 28.1. The van der Waals surface area contributed by atoms with Crippen LogP contribution in [-0.2, 0) is 14.4 Å². The molecule has 9 nitrogen and oxygen atoms in total. The number of anilines is 1. The predicted molar refractivity (Wildman–Crippen MR) is 142 cm³/mol. The van der Waals surface area contributed by atoms with Gasteiger partial charge in [-0.2, -0.15) is 5.26 Å². The first kappa shape index (κ1) is 26.9. The molecule has 1 aliphatic heterocycles. The molecule has 1 atom stereocenters. The van der Waals surface area contributed by atoms with Crippen LogP contribution in [0.15, 0.2) is 72.3 Å². The van der Waals surface area contributed by atoms with Crippen molar-refractivity contribution in [2.75, 3.05) is 18.1 Å². The fourth-order valence-corrected chi connectivity index (χ4v) is 4.37. The van der Waals surface area contributed by atoms with Crippen molar-refractivity contribution in [2.24, 2.45) is 0 Å². The number of nitriles is 1. The van der Waals surface area contributed by atoms with Gasteiger partial charge in [-0.3, -0.25) is 19.3 Å². The highest BCUT2D eigenvalue weighted by molar-refractivity contribution is 6.51. The van der Waals surface area contributed by atoms with Crippen molar-refractivity contribution in [3.05, 3.63) is 89.0 Å². The van der Waals surface area contributed by atoms with E-state index < -0.39 is 29.5 Å². The third-order valence-electron chi connectivity index (χ3n) is 6.00. The topological polar surface area (TPSA) is 126 Å². The van der Waals surface area contributed by atoms with Gasteiger partial charge in [0.05, 0.1) is 42.0 Å². The SMILES string of the molecule is CCOc1ccc(/C(O)=C2/C(=O)C(=O)N(c3ccc(C#N)cc3)C2c2ccc(OC(C)=O)cc2)c(OCC)c1. The molecule has 1 N–H and O–H groups in total. The average molecular weight is 527 g/mol. The second-order valence-corrected chi connectivity index (χ2v) is 8.51. The first-order chi connectivity index (χ1) is 18.8. The molecule has 0 radical (unpaired) electrons. The number of carbonyl (C=O) groups excluding carboxylic acids is 3. The lowest BCUT2D eigenvalue weighted by molar-refractivity contribution is -0.132. The lowest BCUT2D eigenvalue weighted by atomic mass is 9.94. The number of benzene rings is 3. The Kier molecular flexibility index (Phi) is 7.96. The minimum absolute atomic E-state index is 0.144. The van der Waals surface area contributed by atoms with Crippen LogP contribution in [0, 0.1) is 11.3 Å². The molecule has 3 aromatic rings. The normalized spacial score (nSPS) is 16.1. The molecule has 3 aromatic carbocycles. The summed E-state index contributed by atoms with van der Waals surface area (Å²) in [5, 5.41) is 20.7. The number of rotatable bonds is 8. The molecule has 0 aromatic heterocycles. The van der Waals surface area contributed by atoms with Gasteiger partial charge in [-0.25, -0.2) is 0 Å². The lowest BCUT2D eigenvalue weighted by Crippen LogP contribution is -2.29. The number of amides is 1. The van der Waals surface area contributed by atoms with E-state index in [4.69, 9.17) is 14.2 Å². The number of nitrogens with zero attached hydrogens (tertiary/aromatic N) is 2. The third kappa shape index (κ3) is 5.45. The number of aliphatic hydroxyl groups excluding tert-OH is 1. The number of Topliss-reactive ketones (excluding diaryl/α,β-unsaturated/α-hetero) is 1. The number of hydrogen-bond donors (Lipinski definition) is 1. The Morgan fingerprint density at radius 1 is 0.949 bits per heavy atom. The largest absolute Gasteiger partial charge is 0.507 e. The maximum Gasteiger partial charge on any atom is 0.308 e. The standard InChI is InChI=1S/C30H26N2O7/c1-4-37-23-14-15-24(25(16-23)38-5-2)28(34)26-27(20-8-12-22(13-9-20)39-18(3)33)32(30(36)29(26)35)21-10-6-19(17-31)7-11-21/h6-16,27,34H,4-5H2,1-3H3/b28-26-. The summed E-state index contributed by atoms with van der Waals surface area (Å²) in [6.45, 7) is 5.62. The quantitative estimate of drug-likeness (QED) is 0.144. The molecule has 1 aliphatic rings. The van der Waals surface area contributed by atoms with Gasteiger partial charge in [0.1, 0.15) is 23.0 Å². The summed E-state index contributed by atoms with van der Waals surface area (Å²) in [7, 11) is 0. The van der Waals surface area contributed by atoms with Gasteiger partial charge in [0, 0.05) is 18.7 Å². The van der Waals surface area contributed by atoms with Crippen LogP contribution < -0.4 is 19.1 Å². The smallest absolute Gasteiger partial charge is 0.308 e. The van der Waals surface area contributed by atoms with Gasteiger partial charge in [0.15, 0.2) is 0 Å². The third-order valence-corrected chi connectivity index (χ3v) is 6.00. The van der Waals surface area contributed by atoms with Gasteiger partial charge in [-0.05, 0) is 67.9 Å². The zero-order valence-corrected chi connectivity index (χ0v) is 21.6. The van der Waals surface area contributed by atoms with Gasteiger partial charge in [-0.15, -0.1) is 0 Å². The van der Waals surface area contributed by atoms with E-state index in [0.717, 1.165) is 0 Å². The monoisotopic (exact) mass is 526 g/mol. The minimum Gasteiger partial charge on any atom is -0.507 e. The second kappa shape index (κ2) is 11.5. The summed E-state index contributed by atoms with van der Waals surface area (Å²) in [5.74, 6) is -1.55. The van der Waals surface area contributed by atoms with Crippen molar-refractivity contribution in [2.45, 2.75) is 26.8 Å². The Hall–Kier alpha value is -5.10. The fraction of sp³-hybridized carbons (Fsp3) is 0.200. The van der Waals surface area contributed by atoms with Crippen molar-refractivity contribution in [1.82, 2.24) is 0 Å². The number of carbonyl (C=O) groups is 3. The number of hydrogen-bond acceptors (Lipinski definition) is 8. The minimum atomic E-state index is -1.02. The van der Waals surface area contributed by atoms with Gasteiger partial charge in [-0.1, -0.05) is 12.1 Å². The van der Waals surface area contributed by atoms with E-state index in [2.05, 4.69) is 0 Å². The molecule has 1 heterocycles. The summed E-state index contributed by atoms with van der Waals surface area (Å²) < 4.78 is 16.4. The second-order valence-electron chi connectivity index (χ2n) is 8.51. The van der Waals surface area contributed by atoms with Crippen LogP contribution in [0.25, 0.3) is 5.76 Å². The summed E-state index contributed by atoms with van der Waals surface area (Å²) in [6, 6.07) is 18.3. The fourth-order valence-electron chi connectivity index (χ4n) is 4.37. The Morgan fingerprint density at radius 3 is 2.18 bits per heavy atom. The molecule has 1 saturated heterocycles. The molecule has 1 amide bonds. The van der Waals surface area contributed by atoms with Crippen molar-refractivity contribution < 1.29 is 33.7 Å². The first-order valence-electron chi connectivity index (χ1n) is 12.3. The molecule has 9 heteroatoms. The molecule has 1 fully saturated rings. The van der Waals surface area contributed by atoms with Gasteiger partial charge in [0.2, 0.25) is 0 Å². The van der Waals surface area contributed by atoms with Crippen molar-refractivity contribution >= 4 is 29.1 Å². The van der Waals surface area contributed by atoms with Crippen LogP contribution in [-0.4, -0.2) is 36.0 Å². The summed E-state index contributed by atoms with van der Waals surface area (Å²) >= 11 is 0. The highest BCUT2D eigenvalue weighted by atomic mass is 16.5. The van der Waals surface area contributed by atoms with E-state index in [9.17, 15) is 24.8 Å². The molecule has 0 saturated carbocycles. The van der Waals surface area contributed by atoms with E-state index in [1.807, 2.05) is 13.0 Å². The van der Waals surface area contributed by atoms with Crippen molar-refractivity contribution in [3.63, 3.8) is 0 Å². The Labute approximate surface area is 225 Å². The van der Waals surface area contributed by atoms with Crippen LogP contribution in [0.3, 0.4) is 0 Å². The molecule has 39 heavy (non-hydrogen) atoms. The molecule has 0 aliphatic carbocycles. The summed E-state index contributed by atoms with van der Waals surface area (Å²) in [6.07, 6.45) is 0. The molecule has 198 valence electrons. The number of ketones is 1. The number of esters is 1. The van der Waals surface area contributed by atoms with E-state index >= 15 is 0 Å². The van der Waals surface area contributed by atoms with E-state index in [1.165, 1.54) is 36.1 Å². The van der Waals surface area contributed by atoms with Crippen molar-refractivity contribution in [1.29, 1.82) is 5.26 Å².